The lowest BCUT2D eigenvalue weighted by Crippen LogP contribution is -2.27. The van der Waals surface area contributed by atoms with E-state index in [2.05, 4.69) is 38.4 Å². The molecular formula is C28H35N7O2. The van der Waals surface area contributed by atoms with Gasteiger partial charge in [-0.15, -0.1) is 0 Å². The molecule has 0 atom stereocenters. The summed E-state index contributed by atoms with van der Waals surface area (Å²) in [5.74, 6) is 1.58. The number of carbonyl (C=O) groups excluding carboxylic acids is 1. The first-order valence-corrected chi connectivity index (χ1v) is 13.1. The number of nitrogens with one attached hydrogen (secondary N) is 2. The van der Waals surface area contributed by atoms with E-state index in [1.807, 2.05) is 57.7 Å². The van der Waals surface area contributed by atoms with E-state index in [4.69, 9.17) is 9.84 Å². The fourth-order valence-corrected chi connectivity index (χ4v) is 5.18. The zero-order valence-corrected chi connectivity index (χ0v) is 22.0. The minimum Gasteiger partial charge on any atom is -0.490 e. The van der Waals surface area contributed by atoms with Crippen LogP contribution in [0.15, 0.2) is 42.9 Å². The summed E-state index contributed by atoms with van der Waals surface area (Å²) in [7, 11) is 1.92. The molecule has 0 aliphatic heterocycles. The summed E-state index contributed by atoms with van der Waals surface area (Å²) in [6, 6.07) is 8.08. The summed E-state index contributed by atoms with van der Waals surface area (Å²) in [6.07, 6.45) is 9.63. The van der Waals surface area contributed by atoms with Gasteiger partial charge in [0.1, 0.15) is 17.3 Å². The Balaban J connectivity index is 1.36. The third kappa shape index (κ3) is 5.03. The fraction of sp³-hybridized carbons (Fsp3) is 0.429. The van der Waals surface area contributed by atoms with Gasteiger partial charge in [0.2, 0.25) is 0 Å². The van der Waals surface area contributed by atoms with Crippen molar-refractivity contribution in [3.05, 3.63) is 54.0 Å². The second kappa shape index (κ2) is 10.6. The molecule has 0 spiro atoms. The molecule has 1 aliphatic carbocycles. The molecule has 194 valence electrons. The van der Waals surface area contributed by atoms with Crippen molar-refractivity contribution in [2.75, 3.05) is 18.4 Å². The topological polar surface area (TPSA) is 98.9 Å². The molecule has 9 heteroatoms. The van der Waals surface area contributed by atoms with Crippen molar-refractivity contribution in [3.63, 3.8) is 0 Å². The van der Waals surface area contributed by atoms with Crippen molar-refractivity contribution in [1.82, 2.24) is 29.9 Å². The number of fused-ring (bicyclic) bond motifs is 1. The van der Waals surface area contributed by atoms with Crippen molar-refractivity contribution in [1.29, 1.82) is 0 Å². The van der Waals surface area contributed by atoms with Crippen molar-refractivity contribution >= 4 is 22.6 Å². The van der Waals surface area contributed by atoms with E-state index in [1.165, 1.54) is 0 Å². The molecule has 1 aliphatic rings. The van der Waals surface area contributed by atoms with E-state index in [0.717, 1.165) is 71.5 Å². The van der Waals surface area contributed by atoms with Gasteiger partial charge in [-0.3, -0.25) is 14.2 Å². The Bertz CT molecular complexity index is 1400. The number of rotatable bonds is 8. The molecule has 0 saturated heterocycles. The molecule has 0 radical (unpaired) electrons. The molecule has 1 saturated carbocycles. The molecule has 1 amide bonds. The Morgan fingerprint density at radius 3 is 2.65 bits per heavy atom. The molecule has 4 aromatic rings. The van der Waals surface area contributed by atoms with Crippen LogP contribution in [0.4, 0.5) is 5.82 Å². The number of amides is 1. The molecule has 3 aromatic heterocycles. The quantitative estimate of drug-likeness (QED) is 0.357. The third-order valence-corrected chi connectivity index (χ3v) is 7.08. The first-order chi connectivity index (χ1) is 18.0. The molecular weight excluding hydrogens is 466 g/mol. The lowest BCUT2D eigenvalue weighted by Gasteiger charge is -2.30. The number of hydrogen-bond acceptors (Lipinski definition) is 6. The normalized spacial score (nSPS) is 17.6. The Kier molecular flexibility index (Phi) is 7.12. The van der Waals surface area contributed by atoms with Gasteiger partial charge in [-0.2, -0.15) is 10.2 Å². The average Bonchev–Trinajstić information content (AvgIpc) is 3.49. The minimum atomic E-state index is -0.0597. The van der Waals surface area contributed by atoms with Gasteiger partial charge in [-0.25, -0.2) is 4.98 Å². The third-order valence-electron chi connectivity index (χ3n) is 7.08. The predicted molar refractivity (Wildman–Crippen MR) is 145 cm³/mol. The highest BCUT2D eigenvalue weighted by atomic mass is 16.5. The average molecular weight is 502 g/mol. The summed E-state index contributed by atoms with van der Waals surface area (Å²) >= 11 is 0. The predicted octanol–water partition coefficient (Wildman–Crippen LogP) is 4.88. The van der Waals surface area contributed by atoms with Crippen LogP contribution in [0.5, 0.6) is 5.75 Å². The van der Waals surface area contributed by atoms with Crippen molar-refractivity contribution in [2.24, 2.45) is 7.05 Å². The van der Waals surface area contributed by atoms with Gasteiger partial charge in [0.25, 0.3) is 5.91 Å². The number of hydrogen-bond donors (Lipinski definition) is 2. The van der Waals surface area contributed by atoms with Crippen LogP contribution in [0.2, 0.25) is 0 Å². The van der Waals surface area contributed by atoms with Crippen molar-refractivity contribution in [3.8, 4) is 17.0 Å². The highest BCUT2D eigenvalue weighted by Gasteiger charge is 2.27. The van der Waals surface area contributed by atoms with E-state index in [1.54, 1.807) is 4.68 Å². The van der Waals surface area contributed by atoms with Crippen LogP contribution in [0, 0.1) is 6.92 Å². The van der Waals surface area contributed by atoms with Crippen LogP contribution in [0.3, 0.4) is 0 Å². The Labute approximate surface area is 217 Å². The van der Waals surface area contributed by atoms with E-state index < -0.39 is 0 Å². The SMILES string of the molecule is CCNC(=O)c1cccc(O[C@H]2CC[C@@H](n3nc(-c4cnn(C)c4)c4cnc(NCC)cc43)CC2)c1C. The zero-order valence-electron chi connectivity index (χ0n) is 22.0. The van der Waals surface area contributed by atoms with Gasteiger partial charge in [0, 0.05) is 60.7 Å². The minimum absolute atomic E-state index is 0.0597. The maximum atomic E-state index is 12.4. The van der Waals surface area contributed by atoms with Gasteiger partial charge in [0.05, 0.1) is 23.9 Å². The Morgan fingerprint density at radius 1 is 1.14 bits per heavy atom. The second-order valence-electron chi connectivity index (χ2n) is 9.65. The molecule has 5 rings (SSSR count). The van der Waals surface area contributed by atoms with Gasteiger partial charge in [-0.1, -0.05) is 6.07 Å². The molecule has 2 N–H and O–H groups in total. The van der Waals surface area contributed by atoms with Gasteiger partial charge in [-0.05, 0) is 58.6 Å². The first kappa shape index (κ1) is 24.8. The number of anilines is 1. The summed E-state index contributed by atoms with van der Waals surface area (Å²) in [5, 5.41) is 16.7. The summed E-state index contributed by atoms with van der Waals surface area (Å²) in [4.78, 5) is 17.0. The zero-order chi connectivity index (χ0) is 25.9. The van der Waals surface area contributed by atoms with Crippen LogP contribution < -0.4 is 15.4 Å². The molecule has 0 bridgehead atoms. The van der Waals surface area contributed by atoms with Crippen LogP contribution in [-0.2, 0) is 7.05 Å². The molecule has 9 nitrogen and oxygen atoms in total. The lowest BCUT2D eigenvalue weighted by molar-refractivity contribution is 0.0952. The first-order valence-electron chi connectivity index (χ1n) is 13.1. The monoisotopic (exact) mass is 501 g/mol. The van der Waals surface area contributed by atoms with Crippen molar-refractivity contribution in [2.45, 2.75) is 58.6 Å². The fourth-order valence-electron chi connectivity index (χ4n) is 5.18. The van der Waals surface area contributed by atoms with Crippen LogP contribution in [0.25, 0.3) is 22.2 Å². The van der Waals surface area contributed by atoms with Crippen LogP contribution >= 0.6 is 0 Å². The standard InChI is InChI=1S/C28H35N7O2/c1-5-29-26-14-24-23(16-31-26)27(19-15-32-34(4)17-19)33-35(24)20-10-12-21(13-11-20)37-25-9-7-8-22(18(25)3)28(36)30-6-2/h7-9,14-17,20-21H,5-6,10-13H2,1-4H3,(H,29,31)(H,30,36)/t20-,21+. The number of aryl methyl sites for hydroxylation is 1. The van der Waals surface area contributed by atoms with Gasteiger partial charge in [0.15, 0.2) is 0 Å². The second-order valence-corrected chi connectivity index (χ2v) is 9.65. The maximum Gasteiger partial charge on any atom is 0.251 e. The Hall–Kier alpha value is -3.88. The van der Waals surface area contributed by atoms with Crippen LogP contribution in [-0.4, -0.2) is 49.6 Å². The number of nitrogens with zero attached hydrogens (tertiary/aromatic N) is 5. The van der Waals surface area contributed by atoms with Crippen molar-refractivity contribution < 1.29 is 9.53 Å². The number of carbonyl (C=O) groups is 1. The highest BCUT2D eigenvalue weighted by Crippen LogP contribution is 2.37. The molecule has 3 heterocycles. The Morgan fingerprint density at radius 2 is 1.95 bits per heavy atom. The maximum absolute atomic E-state index is 12.4. The molecule has 1 aromatic carbocycles. The van der Waals surface area contributed by atoms with Gasteiger partial charge >= 0.3 is 0 Å². The summed E-state index contributed by atoms with van der Waals surface area (Å²) < 4.78 is 10.4. The number of ether oxygens (including phenoxy) is 1. The summed E-state index contributed by atoms with van der Waals surface area (Å²) in [6.45, 7) is 7.36. The largest absolute Gasteiger partial charge is 0.490 e. The van der Waals surface area contributed by atoms with E-state index >= 15 is 0 Å². The lowest BCUT2D eigenvalue weighted by atomic mass is 9.92. The number of aromatic nitrogens is 5. The van der Waals surface area contributed by atoms with E-state index in [-0.39, 0.29) is 18.1 Å². The molecule has 1 fully saturated rings. The molecule has 0 unspecified atom stereocenters. The molecule has 37 heavy (non-hydrogen) atoms. The number of pyridine rings is 1. The highest BCUT2D eigenvalue weighted by molar-refractivity contribution is 5.96. The smallest absolute Gasteiger partial charge is 0.251 e. The van der Waals surface area contributed by atoms with E-state index in [0.29, 0.717) is 12.1 Å². The summed E-state index contributed by atoms with van der Waals surface area (Å²) in [5.41, 5.74) is 4.54. The number of benzene rings is 1. The van der Waals surface area contributed by atoms with E-state index in [9.17, 15) is 4.79 Å². The van der Waals surface area contributed by atoms with Crippen LogP contribution in [0.1, 0.15) is 61.5 Å². The van der Waals surface area contributed by atoms with Gasteiger partial charge < -0.3 is 15.4 Å².